The predicted molar refractivity (Wildman–Crippen MR) is 112 cm³/mol. The highest BCUT2D eigenvalue weighted by Crippen LogP contribution is 2.27. The molecule has 1 aromatic carbocycles. The second-order valence-electron chi connectivity index (χ2n) is 7.94. The summed E-state index contributed by atoms with van der Waals surface area (Å²) in [6.07, 6.45) is 0.586. The van der Waals surface area contributed by atoms with Gasteiger partial charge in [-0.05, 0) is 57.4 Å². The zero-order valence-corrected chi connectivity index (χ0v) is 18.5. The molecule has 1 fully saturated rings. The first-order valence-electron chi connectivity index (χ1n) is 9.76. The fourth-order valence-corrected chi connectivity index (χ4v) is 5.33. The first kappa shape index (κ1) is 21.4. The van der Waals surface area contributed by atoms with Crippen LogP contribution >= 0.6 is 0 Å². The third kappa shape index (κ3) is 4.80. The molecule has 29 heavy (non-hydrogen) atoms. The number of likely N-dealkylation sites (N-methyl/N-ethyl adjacent to an activating group) is 1. The number of hydrogen-bond donors (Lipinski definition) is 0. The smallest absolute Gasteiger partial charge is 0.260 e. The molecule has 0 radical (unpaired) electrons. The lowest BCUT2D eigenvalue weighted by molar-refractivity contribution is -0.132. The summed E-state index contributed by atoms with van der Waals surface area (Å²) in [5.41, 5.74) is 4.99. The highest BCUT2D eigenvalue weighted by atomic mass is 32.2. The van der Waals surface area contributed by atoms with E-state index in [1.165, 1.54) is 5.56 Å². The van der Waals surface area contributed by atoms with Crippen molar-refractivity contribution in [3.05, 3.63) is 46.3 Å². The van der Waals surface area contributed by atoms with Crippen LogP contribution in [-0.2, 0) is 21.2 Å². The summed E-state index contributed by atoms with van der Waals surface area (Å²) in [5, 5.41) is 4.56. The highest BCUT2D eigenvalue weighted by molar-refractivity contribution is 7.91. The van der Waals surface area contributed by atoms with Gasteiger partial charge in [-0.25, -0.2) is 8.42 Å². The molecule has 0 unspecified atom stereocenters. The number of carbonyl (C=O) groups excluding carboxylic acids is 1. The number of nitrogens with zero attached hydrogens (tertiary/aromatic N) is 3. The minimum Gasteiger partial charge on any atom is -0.484 e. The maximum absolute atomic E-state index is 12.5. The van der Waals surface area contributed by atoms with Crippen molar-refractivity contribution in [3.63, 3.8) is 0 Å². The van der Waals surface area contributed by atoms with Crippen LogP contribution in [0.25, 0.3) is 0 Å². The van der Waals surface area contributed by atoms with Crippen LogP contribution in [0.3, 0.4) is 0 Å². The molecular formula is C21H29N3O4S. The topological polar surface area (TPSA) is 81.5 Å². The first-order valence-corrected chi connectivity index (χ1v) is 11.6. The van der Waals surface area contributed by atoms with Crippen LogP contribution in [0.5, 0.6) is 5.75 Å². The zero-order valence-electron chi connectivity index (χ0n) is 17.7. The average Bonchev–Trinajstić information content (AvgIpc) is 3.15. The molecule has 0 aliphatic carbocycles. The maximum atomic E-state index is 12.5. The van der Waals surface area contributed by atoms with Crippen LogP contribution in [0.1, 0.15) is 40.5 Å². The molecule has 2 heterocycles. The first-order chi connectivity index (χ1) is 13.6. The van der Waals surface area contributed by atoms with Crippen molar-refractivity contribution in [1.82, 2.24) is 14.7 Å². The lowest BCUT2D eigenvalue weighted by atomic mass is 10.1. The third-order valence-electron chi connectivity index (χ3n) is 5.69. The van der Waals surface area contributed by atoms with Crippen LogP contribution in [0.2, 0.25) is 0 Å². The molecular weight excluding hydrogens is 390 g/mol. The van der Waals surface area contributed by atoms with E-state index in [0.29, 0.717) is 18.7 Å². The van der Waals surface area contributed by atoms with Gasteiger partial charge in [-0.1, -0.05) is 6.07 Å². The van der Waals surface area contributed by atoms with Crippen molar-refractivity contribution in [3.8, 4) is 5.75 Å². The molecule has 8 heteroatoms. The largest absolute Gasteiger partial charge is 0.484 e. The fraction of sp³-hybridized carbons (Fsp3) is 0.524. The Labute approximate surface area is 172 Å². The SMILES string of the molecule is Cc1ccc(OCC(=O)N(C)Cc2c(C)nn([C@@H]3CCS(=O)(=O)C3)c2C)cc1C. The summed E-state index contributed by atoms with van der Waals surface area (Å²) in [6.45, 7) is 8.24. The molecule has 1 aliphatic rings. The van der Waals surface area contributed by atoms with Gasteiger partial charge in [0, 0.05) is 24.8 Å². The summed E-state index contributed by atoms with van der Waals surface area (Å²) in [5.74, 6) is 0.891. The van der Waals surface area contributed by atoms with Crippen LogP contribution in [0.15, 0.2) is 18.2 Å². The second-order valence-corrected chi connectivity index (χ2v) is 10.2. The van der Waals surface area contributed by atoms with Gasteiger partial charge in [-0.2, -0.15) is 5.10 Å². The lowest BCUT2D eigenvalue weighted by Crippen LogP contribution is -2.31. The van der Waals surface area contributed by atoms with Crippen molar-refractivity contribution in [1.29, 1.82) is 0 Å². The Morgan fingerprint density at radius 1 is 1.24 bits per heavy atom. The minimum atomic E-state index is -2.98. The van der Waals surface area contributed by atoms with Crippen molar-refractivity contribution in [2.75, 3.05) is 25.2 Å². The Morgan fingerprint density at radius 3 is 2.59 bits per heavy atom. The van der Waals surface area contributed by atoms with E-state index in [0.717, 1.165) is 22.5 Å². The number of aryl methyl sites for hydroxylation is 3. The van der Waals surface area contributed by atoms with Crippen molar-refractivity contribution < 1.29 is 17.9 Å². The van der Waals surface area contributed by atoms with Gasteiger partial charge in [0.1, 0.15) is 5.75 Å². The van der Waals surface area contributed by atoms with E-state index in [-0.39, 0.29) is 30.1 Å². The van der Waals surface area contributed by atoms with E-state index in [1.807, 2.05) is 50.6 Å². The monoisotopic (exact) mass is 419 g/mol. The van der Waals surface area contributed by atoms with Crippen LogP contribution in [0, 0.1) is 27.7 Å². The summed E-state index contributed by atoms with van der Waals surface area (Å²) in [4.78, 5) is 14.2. The predicted octanol–water partition coefficient (Wildman–Crippen LogP) is 2.51. The Balaban J connectivity index is 1.64. The van der Waals surface area contributed by atoms with Crippen LogP contribution in [-0.4, -0.2) is 54.2 Å². The van der Waals surface area contributed by atoms with Crippen molar-refractivity contribution in [2.24, 2.45) is 0 Å². The van der Waals surface area contributed by atoms with Gasteiger partial charge in [-0.3, -0.25) is 9.48 Å². The van der Waals surface area contributed by atoms with Crippen LogP contribution in [0.4, 0.5) is 0 Å². The van der Waals surface area contributed by atoms with Gasteiger partial charge in [0.2, 0.25) is 0 Å². The van der Waals surface area contributed by atoms with Gasteiger partial charge < -0.3 is 9.64 Å². The molecule has 1 amide bonds. The quantitative estimate of drug-likeness (QED) is 0.719. The van der Waals surface area contributed by atoms with Crippen molar-refractivity contribution >= 4 is 15.7 Å². The second kappa shape index (κ2) is 8.18. The molecule has 1 aromatic heterocycles. The minimum absolute atomic E-state index is 0.0356. The van der Waals surface area contributed by atoms with E-state index in [9.17, 15) is 13.2 Å². The number of rotatable bonds is 6. The van der Waals surface area contributed by atoms with Gasteiger partial charge in [0.15, 0.2) is 16.4 Å². The molecule has 0 saturated carbocycles. The van der Waals surface area contributed by atoms with Gasteiger partial charge in [-0.15, -0.1) is 0 Å². The fourth-order valence-electron chi connectivity index (χ4n) is 3.63. The molecule has 1 saturated heterocycles. The number of hydrogen-bond acceptors (Lipinski definition) is 5. The summed E-state index contributed by atoms with van der Waals surface area (Å²) >= 11 is 0. The molecule has 7 nitrogen and oxygen atoms in total. The number of sulfone groups is 1. The molecule has 0 spiro atoms. The number of ether oxygens (including phenoxy) is 1. The molecule has 0 bridgehead atoms. The number of amides is 1. The highest BCUT2D eigenvalue weighted by Gasteiger charge is 2.31. The molecule has 1 atom stereocenters. The molecule has 158 valence electrons. The molecule has 3 rings (SSSR count). The van der Waals surface area contributed by atoms with Crippen LogP contribution < -0.4 is 4.74 Å². The standard InChI is InChI=1S/C21H29N3O4S/c1-14-6-7-19(10-15(14)2)28-12-21(25)23(5)11-20-16(3)22-24(17(20)4)18-8-9-29(26,27)13-18/h6-7,10,18H,8-9,11-13H2,1-5H3/t18-/m1/s1. The Hall–Kier alpha value is -2.35. The zero-order chi connectivity index (χ0) is 21.3. The Morgan fingerprint density at radius 2 is 1.97 bits per heavy atom. The van der Waals surface area contributed by atoms with E-state index < -0.39 is 9.84 Å². The summed E-state index contributed by atoms with van der Waals surface area (Å²) < 4.78 is 31.1. The third-order valence-corrected chi connectivity index (χ3v) is 7.44. The molecule has 0 N–H and O–H groups in total. The van der Waals surface area contributed by atoms with Gasteiger partial charge in [0.25, 0.3) is 5.91 Å². The van der Waals surface area contributed by atoms with Crippen molar-refractivity contribution in [2.45, 2.75) is 46.7 Å². The average molecular weight is 420 g/mol. The molecule has 2 aromatic rings. The van der Waals surface area contributed by atoms with E-state index >= 15 is 0 Å². The summed E-state index contributed by atoms with van der Waals surface area (Å²) in [7, 11) is -1.24. The van der Waals surface area contributed by atoms with E-state index in [2.05, 4.69) is 5.10 Å². The van der Waals surface area contributed by atoms with E-state index in [4.69, 9.17) is 4.74 Å². The van der Waals surface area contributed by atoms with Gasteiger partial charge >= 0.3 is 0 Å². The lowest BCUT2D eigenvalue weighted by Gasteiger charge is -2.18. The normalized spacial score (nSPS) is 18.0. The Bertz CT molecular complexity index is 1030. The number of aromatic nitrogens is 2. The van der Waals surface area contributed by atoms with E-state index in [1.54, 1.807) is 11.9 Å². The maximum Gasteiger partial charge on any atom is 0.260 e. The number of carbonyl (C=O) groups is 1. The molecule has 1 aliphatic heterocycles. The summed E-state index contributed by atoms with van der Waals surface area (Å²) in [6, 6.07) is 5.64. The number of benzene rings is 1. The Kier molecular flexibility index (Phi) is 6.03. The van der Waals surface area contributed by atoms with Gasteiger partial charge in [0.05, 0.1) is 23.2 Å².